The third-order valence-corrected chi connectivity index (χ3v) is 4.46. The monoisotopic (exact) mass is 319 g/mol. The Labute approximate surface area is 131 Å². The molecule has 4 N–H and O–H groups in total. The van der Waals surface area contributed by atoms with Crippen molar-refractivity contribution < 1.29 is 9.90 Å². The summed E-state index contributed by atoms with van der Waals surface area (Å²) in [6.45, 7) is 1.90. The molecule has 0 saturated carbocycles. The molecule has 0 spiro atoms. The maximum atomic E-state index is 11.9. The Morgan fingerprint density at radius 1 is 1.59 bits per heavy atom. The summed E-state index contributed by atoms with van der Waals surface area (Å²) >= 11 is 1.55. The van der Waals surface area contributed by atoms with Crippen LogP contribution in [0.4, 0.5) is 5.95 Å². The van der Waals surface area contributed by atoms with E-state index >= 15 is 0 Å². The highest BCUT2D eigenvalue weighted by Crippen LogP contribution is 2.36. The number of nitrogens with one attached hydrogen (secondary N) is 1. The predicted molar refractivity (Wildman–Crippen MR) is 83.4 cm³/mol. The molecule has 3 heterocycles. The van der Waals surface area contributed by atoms with Crippen LogP contribution >= 0.6 is 11.3 Å². The number of amides is 1. The molecule has 8 heteroatoms. The molecule has 7 nitrogen and oxygen atoms in total. The van der Waals surface area contributed by atoms with Crippen molar-refractivity contribution in [2.75, 3.05) is 11.9 Å². The molecule has 0 aromatic carbocycles. The first kappa shape index (κ1) is 14.7. The molecule has 0 saturated heterocycles. The van der Waals surface area contributed by atoms with Crippen molar-refractivity contribution in [1.82, 2.24) is 14.8 Å². The van der Waals surface area contributed by atoms with Crippen LogP contribution in [-0.2, 0) is 11.2 Å². The molecular formula is C14H17N5O2S. The van der Waals surface area contributed by atoms with E-state index in [9.17, 15) is 4.79 Å². The fraction of sp³-hybridized carbons (Fsp3) is 0.357. The average Bonchev–Trinajstić information content (AvgIpc) is 3.12. The Bertz CT molecular complexity index is 720. The van der Waals surface area contributed by atoms with Gasteiger partial charge in [-0.05, 0) is 24.8 Å². The Balaban J connectivity index is 2.07. The van der Waals surface area contributed by atoms with Crippen LogP contribution in [0, 0.1) is 0 Å². The van der Waals surface area contributed by atoms with Gasteiger partial charge in [-0.3, -0.25) is 4.79 Å². The van der Waals surface area contributed by atoms with E-state index < -0.39 is 5.91 Å². The largest absolute Gasteiger partial charge is 0.396 e. The first-order valence-electron chi connectivity index (χ1n) is 6.99. The smallest absolute Gasteiger partial charge is 0.248 e. The molecule has 0 radical (unpaired) electrons. The summed E-state index contributed by atoms with van der Waals surface area (Å²) in [5, 5.41) is 18.5. The number of carbonyl (C=O) groups excluding carboxylic acids is 1. The van der Waals surface area contributed by atoms with Crippen molar-refractivity contribution in [2.24, 2.45) is 5.73 Å². The summed E-state index contributed by atoms with van der Waals surface area (Å²) in [4.78, 5) is 17.3. The Kier molecular flexibility index (Phi) is 3.95. The van der Waals surface area contributed by atoms with Crippen LogP contribution in [-0.4, -0.2) is 32.4 Å². The van der Waals surface area contributed by atoms with Crippen LogP contribution in [0.2, 0.25) is 0 Å². The van der Waals surface area contributed by atoms with E-state index in [4.69, 9.17) is 10.8 Å². The quantitative estimate of drug-likeness (QED) is 0.763. The molecule has 0 unspecified atom stereocenters. The lowest BCUT2D eigenvalue weighted by molar-refractivity contribution is -0.115. The SMILES string of the molecule is CC1=C(C(N)=O)[C@@H](c2cccs2)n2nc(CCCO)nc2N1. The Hall–Kier alpha value is -2.19. The van der Waals surface area contributed by atoms with E-state index in [2.05, 4.69) is 15.4 Å². The van der Waals surface area contributed by atoms with Crippen LogP contribution in [0.15, 0.2) is 28.8 Å². The number of primary amides is 1. The Morgan fingerprint density at radius 3 is 3.05 bits per heavy atom. The van der Waals surface area contributed by atoms with Gasteiger partial charge in [-0.15, -0.1) is 11.3 Å². The summed E-state index contributed by atoms with van der Waals surface area (Å²) < 4.78 is 1.70. The molecule has 1 atom stereocenters. The zero-order valence-corrected chi connectivity index (χ0v) is 12.9. The molecule has 0 fully saturated rings. The molecule has 1 aliphatic rings. The molecule has 22 heavy (non-hydrogen) atoms. The highest BCUT2D eigenvalue weighted by molar-refractivity contribution is 7.10. The van der Waals surface area contributed by atoms with Gasteiger partial charge in [-0.25, -0.2) is 4.68 Å². The number of aryl methyl sites for hydroxylation is 1. The van der Waals surface area contributed by atoms with E-state index in [-0.39, 0.29) is 12.6 Å². The highest BCUT2D eigenvalue weighted by atomic mass is 32.1. The van der Waals surface area contributed by atoms with E-state index in [1.807, 2.05) is 24.4 Å². The molecule has 1 aliphatic heterocycles. The fourth-order valence-electron chi connectivity index (χ4n) is 2.57. The summed E-state index contributed by atoms with van der Waals surface area (Å²) in [7, 11) is 0. The number of thiophene rings is 1. The van der Waals surface area contributed by atoms with Gasteiger partial charge in [0.2, 0.25) is 11.9 Å². The number of aliphatic hydroxyl groups excluding tert-OH is 1. The highest BCUT2D eigenvalue weighted by Gasteiger charge is 2.33. The first-order chi connectivity index (χ1) is 10.6. The second-order valence-electron chi connectivity index (χ2n) is 5.07. The molecule has 3 rings (SSSR count). The van der Waals surface area contributed by atoms with Crippen molar-refractivity contribution >= 4 is 23.2 Å². The van der Waals surface area contributed by atoms with Gasteiger partial charge >= 0.3 is 0 Å². The van der Waals surface area contributed by atoms with E-state index in [1.165, 1.54) is 0 Å². The van der Waals surface area contributed by atoms with Gasteiger partial charge < -0.3 is 16.2 Å². The van der Waals surface area contributed by atoms with Gasteiger partial charge in [0.05, 0.1) is 5.57 Å². The number of anilines is 1. The maximum absolute atomic E-state index is 11.9. The summed E-state index contributed by atoms with van der Waals surface area (Å²) in [5.41, 5.74) is 6.76. The molecule has 1 amide bonds. The van der Waals surface area contributed by atoms with Crippen LogP contribution in [0.5, 0.6) is 0 Å². The van der Waals surface area contributed by atoms with E-state index in [1.54, 1.807) is 16.0 Å². The van der Waals surface area contributed by atoms with Gasteiger partial charge in [0.1, 0.15) is 6.04 Å². The summed E-state index contributed by atoms with van der Waals surface area (Å²) in [6.07, 6.45) is 1.18. The van der Waals surface area contributed by atoms with Gasteiger partial charge in [-0.2, -0.15) is 10.1 Å². The minimum absolute atomic E-state index is 0.0927. The second-order valence-corrected chi connectivity index (χ2v) is 6.05. The number of aliphatic hydroxyl groups is 1. The van der Waals surface area contributed by atoms with Crippen molar-refractivity contribution in [3.63, 3.8) is 0 Å². The van der Waals surface area contributed by atoms with Gasteiger partial charge in [0.15, 0.2) is 5.82 Å². The zero-order valence-electron chi connectivity index (χ0n) is 12.1. The lowest BCUT2D eigenvalue weighted by Gasteiger charge is -2.26. The minimum atomic E-state index is -0.471. The van der Waals surface area contributed by atoms with Crippen LogP contribution in [0.3, 0.4) is 0 Å². The van der Waals surface area contributed by atoms with E-state index in [0.717, 1.165) is 4.88 Å². The third kappa shape index (κ3) is 2.51. The minimum Gasteiger partial charge on any atom is -0.396 e. The molecular weight excluding hydrogens is 302 g/mol. The van der Waals surface area contributed by atoms with Gasteiger partial charge in [0.25, 0.3) is 0 Å². The number of nitrogens with zero attached hydrogens (tertiary/aromatic N) is 3. The van der Waals surface area contributed by atoms with Gasteiger partial charge in [0, 0.05) is 23.6 Å². The average molecular weight is 319 g/mol. The number of carbonyl (C=O) groups is 1. The van der Waals surface area contributed by atoms with Crippen molar-refractivity contribution in [1.29, 1.82) is 0 Å². The molecule has 2 aromatic rings. The van der Waals surface area contributed by atoms with Gasteiger partial charge in [-0.1, -0.05) is 6.07 Å². The number of hydrogen-bond donors (Lipinski definition) is 3. The predicted octanol–water partition coefficient (Wildman–Crippen LogP) is 1.04. The number of nitrogens with two attached hydrogens (primary N) is 1. The van der Waals surface area contributed by atoms with Crippen molar-refractivity contribution in [2.45, 2.75) is 25.8 Å². The molecule has 116 valence electrons. The van der Waals surface area contributed by atoms with Crippen molar-refractivity contribution in [3.8, 4) is 0 Å². The third-order valence-electron chi connectivity index (χ3n) is 3.53. The van der Waals surface area contributed by atoms with Crippen molar-refractivity contribution in [3.05, 3.63) is 39.5 Å². The topological polar surface area (TPSA) is 106 Å². The molecule has 2 aromatic heterocycles. The summed E-state index contributed by atoms with van der Waals surface area (Å²) in [5.74, 6) is 0.756. The van der Waals surface area contributed by atoms with Crippen LogP contribution in [0.1, 0.15) is 30.1 Å². The summed E-state index contributed by atoms with van der Waals surface area (Å²) in [6, 6.07) is 3.53. The second kappa shape index (κ2) is 5.90. The lowest BCUT2D eigenvalue weighted by atomic mass is 10.0. The number of aromatic nitrogens is 3. The number of allylic oxidation sites excluding steroid dienone is 1. The zero-order chi connectivity index (χ0) is 15.7. The normalized spacial score (nSPS) is 17.3. The van der Waals surface area contributed by atoms with Crippen LogP contribution in [0.25, 0.3) is 0 Å². The van der Waals surface area contributed by atoms with Crippen LogP contribution < -0.4 is 11.1 Å². The number of hydrogen-bond acceptors (Lipinski definition) is 6. The van der Waals surface area contributed by atoms with E-state index in [0.29, 0.717) is 35.9 Å². The fourth-order valence-corrected chi connectivity index (χ4v) is 3.39. The number of rotatable bonds is 5. The molecule has 0 bridgehead atoms. The lowest BCUT2D eigenvalue weighted by Crippen LogP contribution is -2.31. The standard InChI is InChI=1S/C14H17N5O2S/c1-8-11(13(15)21)12(9-4-3-7-22-9)19-14(16-8)17-10(18-19)5-2-6-20/h3-4,7,12,20H,2,5-6H2,1H3,(H2,15,21)(H,16,17,18)/t12-/m1/s1. The molecule has 0 aliphatic carbocycles. The first-order valence-corrected chi connectivity index (χ1v) is 7.87. The maximum Gasteiger partial charge on any atom is 0.248 e. The Morgan fingerprint density at radius 2 is 2.41 bits per heavy atom. The number of fused-ring (bicyclic) bond motifs is 1.